The first-order chi connectivity index (χ1) is 7.45. The fourth-order valence-electron chi connectivity index (χ4n) is 1.64. The second kappa shape index (κ2) is 5.67. The molecule has 0 bridgehead atoms. The number of halogens is 1. The van der Waals surface area contributed by atoms with Gasteiger partial charge < -0.3 is 10.5 Å². The average molecular weight is 242 g/mol. The van der Waals surface area contributed by atoms with Crippen molar-refractivity contribution in [2.45, 2.75) is 38.8 Å². The molecule has 1 aromatic rings. The van der Waals surface area contributed by atoms with Crippen molar-refractivity contribution in [2.75, 3.05) is 6.61 Å². The van der Waals surface area contributed by atoms with Crippen molar-refractivity contribution in [2.24, 2.45) is 5.73 Å². The highest BCUT2D eigenvalue weighted by Gasteiger charge is 2.26. The third-order valence-corrected chi connectivity index (χ3v) is 2.99. The molecule has 90 valence electrons. The lowest BCUT2D eigenvalue weighted by molar-refractivity contribution is -0.0288. The second-order valence-electron chi connectivity index (χ2n) is 4.48. The van der Waals surface area contributed by atoms with Gasteiger partial charge in [-0.2, -0.15) is 0 Å². The minimum Gasteiger partial charge on any atom is -0.374 e. The van der Waals surface area contributed by atoms with Gasteiger partial charge in [0.2, 0.25) is 0 Å². The molecule has 0 aliphatic rings. The van der Waals surface area contributed by atoms with Gasteiger partial charge in [-0.25, -0.2) is 0 Å². The van der Waals surface area contributed by atoms with Crippen LogP contribution in [0.25, 0.3) is 0 Å². The number of hydrogen-bond acceptors (Lipinski definition) is 2. The number of hydrogen-bond donors (Lipinski definition) is 1. The normalized spacial score (nSPS) is 13.8. The molecule has 1 atom stereocenters. The van der Waals surface area contributed by atoms with Crippen molar-refractivity contribution < 1.29 is 4.74 Å². The first-order valence-electron chi connectivity index (χ1n) is 5.59. The number of nitrogens with two attached hydrogens (primary N) is 1. The molecular formula is C13H20ClNO. The highest BCUT2D eigenvalue weighted by Crippen LogP contribution is 2.19. The van der Waals surface area contributed by atoms with E-state index in [0.717, 1.165) is 17.0 Å². The number of ether oxygens (including phenoxy) is 1. The molecule has 2 N–H and O–H groups in total. The van der Waals surface area contributed by atoms with Crippen LogP contribution >= 0.6 is 11.6 Å². The van der Waals surface area contributed by atoms with E-state index in [0.29, 0.717) is 6.61 Å². The Morgan fingerprint density at radius 1 is 1.44 bits per heavy atom. The Labute approximate surface area is 103 Å². The minimum absolute atomic E-state index is 0.0362. The van der Waals surface area contributed by atoms with E-state index in [1.807, 2.05) is 45.0 Å². The van der Waals surface area contributed by atoms with Gasteiger partial charge in [-0.15, -0.1) is 0 Å². The van der Waals surface area contributed by atoms with Crippen LogP contribution in [0.5, 0.6) is 0 Å². The summed E-state index contributed by atoms with van der Waals surface area (Å²) in [6.45, 7) is 6.70. The third-order valence-electron chi connectivity index (χ3n) is 2.75. The standard InChI is InChI=1S/C13H20ClNO/c1-4-16-13(2,3)12(15)9-10-6-5-7-11(14)8-10/h5-8,12H,4,9,15H2,1-3H3. The summed E-state index contributed by atoms with van der Waals surface area (Å²) in [7, 11) is 0. The molecule has 0 heterocycles. The zero-order valence-corrected chi connectivity index (χ0v) is 10.9. The molecule has 0 saturated heterocycles. The largest absolute Gasteiger partial charge is 0.374 e. The number of rotatable bonds is 5. The van der Waals surface area contributed by atoms with E-state index < -0.39 is 0 Å². The summed E-state index contributed by atoms with van der Waals surface area (Å²) >= 11 is 5.93. The molecule has 0 amide bonds. The predicted octanol–water partition coefficient (Wildman–Crippen LogP) is 3.02. The van der Waals surface area contributed by atoms with Gasteiger partial charge in [0.05, 0.1) is 5.60 Å². The molecule has 0 aliphatic heterocycles. The van der Waals surface area contributed by atoms with Crippen LogP contribution in [-0.2, 0) is 11.2 Å². The lowest BCUT2D eigenvalue weighted by Gasteiger charge is -2.31. The van der Waals surface area contributed by atoms with Crippen molar-refractivity contribution in [3.63, 3.8) is 0 Å². The summed E-state index contributed by atoms with van der Waals surface area (Å²) in [6.07, 6.45) is 0.771. The van der Waals surface area contributed by atoms with E-state index in [2.05, 4.69) is 0 Å². The van der Waals surface area contributed by atoms with Crippen LogP contribution in [0.1, 0.15) is 26.3 Å². The van der Waals surface area contributed by atoms with Gasteiger partial charge in [0.15, 0.2) is 0 Å². The Balaban J connectivity index is 2.67. The first-order valence-corrected chi connectivity index (χ1v) is 5.97. The molecule has 0 radical (unpaired) electrons. The summed E-state index contributed by atoms with van der Waals surface area (Å²) in [4.78, 5) is 0. The Morgan fingerprint density at radius 3 is 2.69 bits per heavy atom. The molecule has 0 aliphatic carbocycles. The molecule has 1 unspecified atom stereocenters. The molecule has 16 heavy (non-hydrogen) atoms. The van der Waals surface area contributed by atoms with Crippen molar-refractivity contribution in [1.82, 2.24) is 0 Å². The topological polar surface area (TPSA) is 35.2 Å². The lowest BCUT2D eigenvalue weighted by atomic mass is 9.93. The summed E-state index contributed by atoms with van der Waals surface area (Å²) in [5.41, 5.74) is 6.99. The van der Waals surface area contributed by atoms with Gasteiger partial charge in [0.25, 0.3) is 0 Å². The van der Waals surface area contributed by atoms with E-state index >= 15 is 0 Å². The summed E-state index contributed by atoms with van der Waals surface area (Å²) in [5, 5.41) is 0.749. The maximum atomic E-state index is 6.15. The molecular weight excluding hydrogens is 222 g/mol. The highest BCUT2D eigenvalue weighted by atomic mass is 35.5. The van der Waals surface area contributed by atoms with Crippen LogP contribution in [-0.4, -0.2) is 18.2 Å². The molecule has 0 saturated carbocycles. The van der Waals surface area contributed by atoms with Crippen molar-refractivity contribution in [3.05, 3.63) is 34.9 Å². The van der Waals surface area contributed by atoms with E-state index in [1.54, 1.807) is 0 Å². The maximum Gasteiger partial charge on any atom is 0.0779 e. The molecule has 0 fully saturated rings. The maximum absolute atomic E-state index is 6.15. The molecule has 3 heteroatoms. The molecule has 2 nitrogen and oxygen atoms in total. The lowest BCUT2D eigenvalue weighted by Crippen LogP contribution is -2.46. The Morgan fingerprint density at radius 2 is 2.12 bits per heavy atom. The fraction of sp³-hybridized carbons (Fsp3) is 0.538. The fourth-order valence-corrected chi connectivity index (χ4v) is 1.86. The molecule has 1 rings (SSSR count). The monoisotopic (exact) mass is 241 g/mol. The first kappa shape index (κ1) is 13.5. The van der Waals surface area contributed by atoms with Gasteiger partial charge in [-0.1, -0.05) is 23.7 Å². The molecule has 0 aromatic heterocycles. The predicted molar refractivity (Wildman–Crippen MR) is 68.8 cm³/mol. The van der Waals surface area contributed by atoms with E-state index in [1.165, 1.54) is 0 Å². The highest BCUT2D eigenvalue weighted by molar-refractivity contribution is 6.30. The summed E-state index contributed by atoms with van der Waals surface area (Å²) in [6, 6.07) is 7.76. The van der Waals surface area contributed by atoms with Crippen molar-refractivity contribution in [3.8, 4) is 0 Å². The van der Waals surface area contributed by atoms with Gasteiger partial charge in [0, 0.05) is 17.7 Å². The average Bonchev–Trinajstić information content (AvgIpc) is 2.17. The van der Waals surface area contributed by atoms with Crippen molar-refractivity contribution in [1.29, 1.82) is 0 Å². The Hall–Kier alpha value is -0.570. The smallest absolute Gasteiger partial charge is 0.0779 e. The summed E-state index contributed by atoms with van der Waals surface area (Å²) < 4.78 is 5.64. The van der Waals surface area contributed by atoms with Crippen LogP contribution in [0.2, 0.25) is 5.02 Å². The van der Waals surface area contributed by atoms with Crippen LogP contribution in [0.4, 0.5) is 0 Å². The third kappa shape index (κ3) is 3.78. The van der Waals surface area contributed by atoms with Crippen LogP contribution in [0.3, 0.4) is 0 Å². The zero-order valence-electron chi connectivity index (χ0n) is 10.2. The second-order valence-corrected chi connectivity index (χ2v) is 4.91. The zero-order chi connectivity index (χ0) is 12.2. The van der Waals surface area contributed by atoms with Crippen molar-refractivity contribution >= 4 is 11.6 Å². The summed E-state index contributed by atoms with van der Waals surface area (Å²) in [5.74, 6) is 0. The van der Waals surface area contributed by atoms with Gasteiger partial charge in [0.1, 0.15) is 0 Å². The van der Waals surface area contributed by atoms with Gasteiger partial charge in [-0.05, 0) is 44.9 Å². The molecule has 0 spiro atoms. The minimum atomic E-state index is -0.308. The van der Waals surface area contributed by atoms with Crippen LogP contribution < -0.4 is 5.73 Å². The van der Waals surface area contributed by atoms with E-state index in [-0.39, 0.29) is 11.6 Å². The number of benzene rings is 1. The van der Waals surface area contributed by atoms with E-state index in [9.17, 15) is 0 Å². The Bertz CT molecular complexity index is 338. The van der Waals surface area contributed by atoms with Crippen LogP contribution in [0, 0.1) is 0 Å². The van der Waals surface area contributed by atoms with Gasteiger partial charge >= 0.3 is 0 Å². The Kier molecular flexibility index (Phi) is 4.78. The van der Waals surface area contributed by atoms with Gasteiger partial charge in [-0.3, -0.25) is 0 Å². The molecule has 1 aromatic carbocycles. The van der Waals surface area contributed by atoms with E-state index in [4.69, 9.17) is 22.1 Å². The quantitative estimate of drug-likeness (QED) is 0.860. The SMILES string of the molecule is CCOC(C)(C)C(N)Cc1cccc(Cl)c1. The van der Waals surface area contributed by atoms with Crippen LogP contribution in [0.15, 0.2) is 24.3 Å².